The van der Waals surface area contributed by atoms with Crippen molar-refractivity contribution in [1.82, 2.24) is 0 Å². The Labute approximate surface area is 181 Å². The van der Waals surface area contributed by atoms with E-state index in [4.69, 9.17) is 9.47 Å². The third-order valence-corrected chi connectivity index (χ3v) is 5.37. The Balaban J connectivity index is 2.88. The molecule has 2 aromatic carbocycles. The summed E-state index contributed by atoms with van der Waals surface area (Å²) in [4.78, 5) is 0. The fourth-order valence-corrected chi connectivity index (χ4v) is 3.68. The van der Waals surface area contributed by atoms with Crippen LogP contribution in [0.5, 0.6) is 23.0 Å². The molecule has 30 heavy (non-hydrogen) atoms. The van der Waals surface area contributed by atoms with Gasteiger partial charge in [-0.1, -0.05) is 53.7 Å². The lowest BCUT2D eigenvalue weighted by Crippen LogP contribution is -2.15. The zero-order chi connectivity index (χ0) is 22.9. The van der Waals surface area contributed by atoms with Gasteiger partial charge in [0.15, 0.2) is 0 Å². The summed E-state index contributed by atoms with van der Waals surface area (Å²) < 4.78 is 11.1. The predicted molar refractivity (Wildman–Crippen MR) is 123 cm³/mol. The van der Waals surface area contributed by atoms with Crippen LogP contribution in [0, 0.1) is 0 Å². The van der Waals surface area contributed by atoms with E-state index in [1.54, 1.807) is 14.2 Å². The van der Waals surface area contributed by atoms with Gasteiger partial charge in [-0.2, -0.15) is 0 Å². The van der Waals surface area contributed by atoms with Gasteiger partial charge in [0.25, 0.3) is 0 Å². The highest BCUT2D eigenvalue weighted by Crippen LogP contribution is 2.47. The van der Waals surface area contributed by atoms with Crippen LogP contribution in [-0.4, -0.2) is 24.4 Å². The molecule has 4 nitrogen and oxygen atoms in total. The van der Waals surface area contributed by atoms with Crippen LogP contribution >= 0.6 is 0 Å². The van der Waals surface area contributed by atoms with Gasteiger partial charge in [-0.3, -0.25) is 0 Å². The minimum absolute atomic E-state index is 0.214. The number of rotatable bonds is 5. The molecule has 4 heteroatoms. The summed E-state index contributed by atoms with van der Waals surface area (Å²) in [5, 5.41) is 22.5. The molecule has 2 rings (SSSR count). The van der Waals surface area contributed by atoms with Gasteiger partial charge in [-0.15, -0.1) is 0 Å². The molecule has 0 heterocycles. The fraction of sp³-hybridized carbons (Fsp3) is 0.462. The van der Waals surface area contributed by atoms with Crippen LogP contribution in [0.2, 0.25) is 0 Å². The van der Waals surface area contributed by atoms with E-state index >= 15 is 0 Å². The molecule has 0 unspecified atom stereocenters. The number of ether oxygens (including phenoxy) is 2. The van der Waals surface area contributed by atoms with Crippen molar-refractivity contribution in [2.24, 2.45) is 0 Å². The van der Waals surface area contributed by atoms with Crippen LogP contribution in [0.1, 0.15) is 76.6 Å². The molecule has 0 saturated carbocycles. The van der Waals surface area contributed by atoms with Gasteiger partial charge in [-0.25, -0.2) is 0 Å². The topological polar surface area (TPSA) is 58.9 Å². The number of aromatic hydroxyl groups is 2. The Hall–Kier alpha value is -2.62. The van der Waals surface area contributed by atoms with Crippen molar-refractivity contribution in [3.63, 3.8) is 0 Å². The SMILES string of the molecule is CC=CC(c1cc(OC)cc(C(C)(C)C)c1O)c1cc(OC)cc(C(C)(C)C)c1O. The van der Waals surface area contributed by atoms with Gasteiger partial charge in [0.2, 0.25) is 0 Å². The lowest BCUT2D eigenvalue weighted by atomic mass is 9.79. The molecule has 2 N–H and O–H groups in total. The minimum Gasteiger partial charge on any atom is -0.507 e. The van der Waals surface area contributed by atoms with Gasteiger partial charge < -0.3 is 19.7 Å². The highest BCUT2D eigenvalue weighted by atomic mass is 16.5. The molecule has 0 aliphatic heterocycles. The summed E-state index contributed by atoms with van der Waals surface area (Å²) in [6.07, 6.45) is 3.90. The van der Waals surface area contributed by atoms with E-state index in [9.17, 15) is 10.2 Å². The Kier molecular flexibility index (Phi) is 6.80. The van der Waals surface area contributed by atoms with Crippen LogP contribution < -0.4 is 9.47 Å². The molecule has 0 aromatic heterocycles. The molecule has 0 fully saturated rings. The van der Waals surface area contributed by atoms with Gasteiger partial charge in [0.1, 0.15) is 23.0 Å². The molecule has 0 atom stereocenters. The van der Waals surface area contributed by atoms with Crippen molar-refractivity contribution >= 4 is 0 Å². The molecule has 0 aliphatic rings. The van der Waals surface area contributed by atoms with Gasteiger partial charge in [-0.05, 0) is 42.0 Å². The first-order valence-electron chi connectivity index (χ1n) is 10.3. The zero-order valence-corrected chi connectivity index (χ0v) is 19.8. The van der Waals surface area contributed by atoms with E-state index in [0.29, 0.717) is 22.6 Å². The molecular formula is C26H36O4. The largest absolute Gasteiger partial charge is 0.507 e. The first kappa shape index (κ1) is 23.7. The second kappa shape index (κ2) is 8.63. The zero-order valence-electron chi connectivity index (χ0n) is 19.8. The van der Waals surface area contributed by atoms with Gasteiger partial charge >= 0.3 is 0 Å². The van der Waals surface area contributed by atoms with Crippen molar-refractivity contribution in [1.29, 1.82) is 0 Å². The van der Waals surface area contributed by atoms with Crippen LogP contribution in [0.25, 0.3) is 0 Å². The first-order valence-corrected chi connectivity index (χ1v) is 10.3. The summed E-state index contributed by atoms with van der Waals surface area (Å²) >= 11 is 0. The second-order valence-corrected chi connectivity index (χ2v) is 9.73. The highest BCUT2D eigenvalue weighted by molar-refractivity contribution is 5.59. The second-order valence-electron chi connectivity index (χ2n) is 9.73. The predicted octanol–water partition coefficient (Wildman–Crippen LogP) is 6.42. The average Bonchev–Trinajstić information content (AvgIpc) is 2.65. The van der Waals surface area contributed by atoms with Crippen LogP contribution in [0.4, 0.5) is 0 Å². The monoisotopic (exact) mass is 412 g/mol. The lowest BCUT2D eigenvalue weighted by Gasteiger charge is -2.28. The van der Waals surface area contributed by atoms with Crippen molar-refractivity contribution in [2.75, 3.05) is 14.2 Å². The normalized spacial score (nSPS) is 12.6. The highest BCUT2D eigenvalue weighted by Gasteiger charge is 2.29. The van der Waals surface area contributed by atoms with E-state index < -0.39 is 0 Å². The third kappa shape index (κ3) is 4.75. The smallest absolute Gasteiger partial charge is 0.123 e. The molecule has 0 radical (unpaired) electrons. The molecule has 164 valence electrons. The lowest BCUT2D eigenvalue weighted by molar-refractivity contribution is 0.398. The quantitative estimate of drug-likeness (QED) is 0.557. The summed E-state index contributed by atoms with van der Waals surface area (Å²) in [6.45, 7) is 14.2. The summed E-state index contributed by atoms with van der Waals surface area (Å²) in [7, 11) is 3.24. The molecule has 0 saturated heterocycles. The number of methoxy groups -OCH3 is 2. The summed E-state index contributed by atoms with van der Waals surface area (Å²) in [6, 6.07) is 7.42. The Bertz CT molecular complexity index is 856. The van der Waals surface area contributed by atoms with E-state index in [0.717, 1.165) is 11.1 Å². The Morgan fingerprint density at radius 2 is 1.10 bits per heavy atom. The standard InChI is InChI=1S/C26H36O4/c1-10-11-18(19-12-16(29-8)14-21(23(19)27)25(2,3)4)20-13-17(30-9)15-22(24(20)28)26(5,6)7/h10-15,18,27-28H,1-9H3. The Morgan fingerprint density at radius 1 is 0.733 bits per heavy atom. The molecule has 0 bridgehead atoms. The van der Waals surface area contributed by atoms with Crippen LogP contribution in [0.15, 0.2) is 36.4 Å². The number of hydrogen-bond donors (Lipinski definition) is 2. The fourth-order valence-electron chi connectivity index (χ4n) is 3.68. The van der Waals surface area contributed by atoms with E-state index in [1.807, 2.05) is 43.3 Å². The van der Waals surface area contributed by atoms with Crippen LogP contribution in [0.3, 0.4) is 0 Å². The number of hydrogen-bond acceptors (Lipinski definition) is 4. The van der Waals surface area contributed by atoms with Crippen molar-refractivity contribution < 1.29 is 19.7 Å². The molecule has 2 aromatic rings. The molecule has 0 aliphatic carbocycles. The van der Waals surface area contributed by atoms with E-state index in [2.05, 4.69) is 41.5 Å². The molecular weight excluding hydrogens is 376 g/mol. The third-order valence-electron chi connectivity index (χ3n) is 5.37. The molecule has 0 amide bonds. The summed E-state index contributed by atoms with van der Waals surface area (Å²) in [5.74, 6) is 1.39. The average molecular weight is 413 g/mol. The van der Waals surface area contributed by atoms with Crippen molar-refractivity contribution in [3.05, 3.63) is 58.7 Å². The van der Waals surface area contributed by atoms with Gasteiger partial charge in [0, 0.05) is 28.2 Å². The maximum Gasteiger partial charge on any atom is 0.123 e. The first-order chi connectivity index (χ1) is 13.8. The molecule has 0 spiro atoms. The minimum atomic E-state index is -0.373. The number of phenolic OH excluding ortho intramolecular Hbond substituents is 2. The van der Waals surface area contributed by atoms with Crippen molar-refractivity contribution in [3.8, 4) is 23.0 Å². The van der Waals surface area contributed by atoms with Crippen LogP contribution in [-0.2, 0) is 10.8 Å². The summed E-state index contributed by atoms with van der Waals surface area (Å²) in [5.41, 5.74) is 2.40. The maximum absolute atomic E-state index is 11.2. The maximum atomic E-state index is 11.2. The van der Waals surface area contributed by atoms with Crippen molar-refractivity contribution in [2.45, 2.75) is 65.2 Å². The number of allylic oxidation sites excluding steroid dienone is 2. The van der Waals surface area contributed by atoms with E-state index in [1.165, 1.54) is 0 Å². The number of benzene rings is 2. The van der Waals surface area contributed by atoms with E-state index in [-0.39, 0.29) is 28.2 Å². The number of phenols is 2. The van der Waals surface area contributed by atoms with Gasteiger partial charge in [0.05, 0.1) is 14.2 Å². The Morgan fingerprint density at radius 3 is 1.37 bits per heavy atom.